The van der Waals surface area contributed by atoms with Gasteiger partial charge >= 0.3 is 0 Å². The molecule has 2 heterocycles. The summed E-state index contributed by atoms with van der Waals surface area (Å²) < 4.78 is 14.8. The van der Waals surface area contributed by atoms with E-state index in [1.165, 1.54) is 12.1 Å². The quantitative estimate of drug-likeness (QED) is 0.860. The minimum Gasteiger partial charge on any atom is -0.352 e. The number of halogens is 2. The van der Waals surface area contributed by atoms with E-state index in [1.54, 1.807) is 16.8 Å². The second-order valence-electron chi connectivity index (χ2n) is 7.25. The predicted octanol–water partition coefficient (Wildman–Crippen LogP) is 2.75. The lowest BCUT2D eigenvalue weighted by atomic mass is 9.92. The number of piperidine rings is 1. The summed E-state index contributed by atoms with van der Waals surface area (Å²) in [7, 11) is 0. The van der Waals surface area contributed by atoms with Crippen molar-refractivity contribution in [1.82, 2.24) is 20.4 Å². The van der Waals surface area contributed by atoms with Crippen molar-refractivity contribution in [3.8, 4) is 5.69 Å². The molecule has 26 heavy (non-hydrogen) atoms. The molecule has 2 aromatic rings. The van der Waals surface area contributed by atoms with Gasteiger partial charge in [-0.2, -0.15) is 5.10 Å². The molecule has 2 aliphatic rings. The molecule has 0 radical (unpaired) electrons. The maximum atomic E-state index is 13.0. The number of carbonyl (C=O) groups is 1. The van der Waals surface area contributed by atoms with E-state index in [0.717, 1.165) is 49.3 Å². The zero-order chi connectivity index (χ0) is 17.4. The minimum atomic E-state index is -0.267. The fourth-order valence-electron chi connectivity index (χ4n) is 3.90. The number of nitrogens with zero attached hydrogens (tertiary/aromatic N) is 2. The van der Waals surface area contributed by atoms with Crippen LogP contribution in [-0.2, 0) is 11.3 Å². The fraction of sp³-hybridized carbons (Fsp3) is 0.474. The highest BCUT2D eigenvalue weighted by atomic mass is 35.5. The van der Waals surface area contributed by atoms with Crippen LogP contribution in [0.15, 0.2) is 30.5 Å². The van der Waals surface area contributed by atoms with Gasteiger partial charge in [-0.25, -0.2) is 9.07 Å². The van der Waals surface area contributed by atoms with Gasteiger partial charge in [0.15, 0.2) is 0 Å². The highest BCUT2D eigenvalue weighted by molar-refractivity contribution is 5.85. The van der Waals surface area contributed by atoms with Crippen molar-refractivity contribution in [2.45, 2.75) is 32.7 Å². The van der Waals surface area contributed by atoms with E-state index in [2.05, 4.69) is 15.7 Å². The van der Waals surface area contributed by atoms with Crippen LogP contribution in [0.3, 0.4) is 0 Å². The molecule has 1 spiro atoms. The van der Waals surface area contributed by atoms with E-state index >= 15 is 0 Å². The fourth-order valence-corrected chi connectivity index (χ4v) is 3.90. The monoisotopic (exact) mass is 378 g/mol. The Morgan fingerprint density at radius 2 is 2.04 bits per heavy atom. The van der Waals surface area contributed by atoms with Crippen LogP contribution in [0.5, 0.6) is 0 Å². The van der Waals surface area contributed by atoms with Gasteiger partial charge in [-0.05, 0) is 69.0 Å². The lowest BCUT2D eigenvalue weighted by molar-refractivity contribution is -0.123. The Bertz CT molecular complexity index is 783. The Hall–Kier alpha value is -1.92. The number of benzene rings is 1. The van der Waals surface area contributed by atoms with Crippen molar-refractivity contribution in [2.24, 2.45) is 11.3 Å². The Balaban J connectivity index is 0.00000196. The summed E-state index contributed by atoms with van der Waals surface area (Å²) in [5, 5.41) is 10.9. The van der Waals surface area contributed by atoms with Crippen LogP contribution >= 0.6 is 12.4 Å². The molecule has 1 amide bonds. The smallest absolute Gasteiger partial charge is 0.223 e. The Kier molecular flexibility index (Phi) is 5.34. The van der Waals surface area contributed by atoms with E-state index < -0.39 is 0 Å². The largest absolute Gasteiger partial charge is 0.352 e. The first-order valence-corrected chi connectivity index (χ1v) is 8.87. The standard InChI is InChI=1S/C19H23FN4O.ClH/c1-13-14(12-24(23-13)16-4-2-15(20)3-5-16)11-22-18(25)17-10-19(17)6-8-21-9-7-19;/h2-5,12,17,21H,6-11H2,1H3,(H,22,25);1H. The number of rotatable bonds is 4. The summed E-state index contributed by atoms with van der Waals surface area (Å²) in [6, 6.07) is 6.21. The average molecular weight is 379 g/mol. The van der Waals surface area contributed by atoms with Crippen molar-refractivity contribution in [3.63, 3.8) is 0 Å². The Morgan fingerprint density at radius 3 is 2.73 bits per heavy atom. The maximum Gasteiger partial charge on any atom is 0.223 e. The van der Waals surface area contributed by atoms with Crippen LogP contribution in [0.25, 0.3) is 5.69 Å². The Morgan fingerprint density at radius 1 is 1.35 bits per heavy atom. The molecule has 1 aromatic heterocycles. The van der Waals surface area contributed by atoms with E-state index in [0.29, 0.717) is 6.54 Å². The van der Waals surface area contributed by atoms with E-state index in [1.807, 2.05) is 13.1 Å². The molecule has 1 aromatic carbocycles. The SMILES string of the molecule is Cc1nn(-c2ccc(F)cc2)cc1CNC(=O)C1CC12CCNCC2.Cl. The van der Waals surface area contributed by atoms with Crippen LogP contribution in [0.4, 0.5) is 4.39 Å². The molecule has 5 nitrogen and oxygen atoms in total. The van der Waals surface area contributed by atoms with E-state index in [9.17, 15) is 9.18 Å². The van der Waals surface area contributed by atoms with E-state index in [-0.39, 0.29) is 35.5 Å². The second-order valence-corrected chi connectivity index (χ2v) is 7.25. The van der Waals surface area contributed by atoms with Crippen LogP contribution in [0.2, 0.25) is 0 Å². The third-order valence-electron chi connectivity index (χ3n) is 5.65. The number of nitrogens with one attached hydrogen (secondary N) is 2. The number of aryl methyl sites for hydroxylation is 1. The van der Waals surface area contributed by atoms with Crippen molar-refractivity contribution in [3.05, 3.63) is 47.5 Å². The first kappa shape index (κ1) is 18.9. The molecule has 1 aliphatic carbocycles. The third kappa shape index (κ3) is 3.62. The first-order chi connectivity index (χ1) is 12.1. The van der Waals surface area contributed by atoms with Gasteiger partial charge in [0.05, 0.1) is 11.4 Å². The highest BCUT2D eigenvalue weighted by Crippen LogP contribution is 2.58. The van der Waals surface area contributed by atoms with Crippen LogP contribution in [-0.4, -0.2) is 28.8 Å². The zero-order valence-corrected chi connectivity index (χ0v) is 15.6. The number of carbonyl (C=O) groups excluding carboxylic acids is 1. The Labute approximate surface area is 158 Å². The third-order valence-corrected chi connectivity index (χ3v) is 5.65. The van der Waals surface area contributed by atoms with Gasteiger partial charge in [0.2, 0.25) is 5.91 Å². The van der Waals surface area contributed by atoms with Crippen LogP contribution in [0.1, 0.15) is 30.5 Å². The second kappa shape index (κ2) is 7.37. The lowest BCUT2D eigenvalue weighted by Crippen LogP contribution is -2.33. The molecule has 1 atom stereocenters. The van der Waals surface area contributed by atoms with Crippen molar-refractivity contribution in [1.29, 1.82) is 0 Å². The molecule has 140 valence electrons. The minimum absolute atomic E-state index is 0. The number of aromatic nitrogens is 2. The molecule has 0 bridgehead atoms. The van der Waals surface area contributed by atoms with Crippen molar-refractivity contribution in [2.75, 3.05) is 13.1 Å². The summed E-state index contributed by atoms with van der Waals surface area (Å²) in [6.07, 6.45) is 5.13. The molecular weight excluding hydrogens is 355 g/mol. The number of hydrogen-bond donors (Lipinski definition) is 2. The summed E-state index contributed by atoms with van der Waals surface area (Å²) in [6.45, 7) is 4.45. The average Bonchev–Trinajstić information content (AvgIpc) is 3.17. The molecular formula is C19H24ClFN4O. The molecule has 2 N–H and O–H groups in total. The highest BCUT2D eigenvalue weighted by Gasteiger charge is 2.57. The van der Waals surface area contributed by atoms with Gasteiger partial charge in [0.1, 0.15) is 5.82 Å². The van der Waals surface area contributed by atoms with Gasteiger partial charge < -0.3 is 10.6 Å². The number of hydrogen-bond acceptors (Lipinski definition) is 3. The van der Waals surface area contributed by atoms with Crippen molar-refractivity contribution >= 4 is 18.3 Å². The molecule has 1 aliphatic heterocycles. The molecule has 7 heteroatoms. The molecule has 2 fully saturated rings. The summed E-state index contributed by atoms with van der Waals surface area (Å²) >= 11 is 0. The molecule has 1 unspecified atom stereocenters. The molecule has 1 saturated carbocycles. The van der Waals surface area contributed by atoms with Gasteiger partial charge in [0, 0.05) is 24.2 Å². The summed E-state index contributed by atoms with van der Waals surface area (Å²) in [4.78, 5) is 12.5. The van der Waals surface area contributed by atoms with Gasteiger partial charge in [0.25, 0.3) is 0 Å². The van der Waals surface area contributed by atoms with Gasteiger partial charge in [-0.15, -0.1) is 12.4 Å². The first-order valence-electron chi connectivity index (χ1n) is 8.87. The maximum absolute atomic E-state index is 13.0. The molecule has 4 rings (SSSR count). The van der Waals surface area contributed by atoms with Crippen LogP contribution in [0, 0.1) is 24.1 Å². The zero-order valence-electron chi connectivity index (χ0n) is 14.8. The summed E-state index contributed by atoms with van der Waals surface area (Å²) in [5.74, 6) is 0.0641. The van der Waals surface area contributed by atoms with E-state index in [4.69, 9.17) is 0 Å². The number of amides is 1. The summed E-state index contributed by atoms with van der Waals surface area (Å²) in [5.41, 5.74) is 2.91. The van der Waals surface area contributed by atoms with Crippen LogP contribution < -0.4 is 10.6 Å². The topological polar surface area (TPSA) is 59.0 Å². The lowest BCUT2D eigenvalue weighted by Gasteiger charge is -2.23. The van der Waals surface area contributed by atoms with Gasteiger partial charge in [-0.3, -0.25) is 4.79 Å². The van der Waals surface area contributed by atoms with Crippen molar-refractivity contribution < 1.29 is 9.18 Å². The predicted molar refractivity (Wildman–Crippen MR) is 100.0 cm³/mol. The normalized spacial score (nSPS) is 20.5. The van der Waals surface area contributed by atoms with Gasteiger partial charge in [-0.1, -0.05) is 0 Å². The molecule has 1 saturated heterocycles.